The van der Waals surface area contributed by atoms with E-state index < -0.39 is 17.7 Å². The van der Waals surface area contributed by atoms with Crippen LogP contribution in [0, 0.1) is 0 Å². The number of hydrogen-bond donors (Lipinski definition) is 2. The number of para-hydroxylation sites is 1. The molecule has 2 aromatic rings. The third-order valence-electron chi connectivity index (χ3n) is 3.93. The normalized spacial score (nSPS) is 12.5. The first kappa shape index (κ1) is 19.5. The van der Waals surface area contributed by atoms with Crippen molar-refractivity contribution in [3.05, 3.63) is 65.2 Å². The van der Waals surface area contributed by atoms with Crippen molar-refractivity contribution >= 4 is 17.6 Å². The van der Waals surface area contributed by atoms with Gasteiger partial charge in [0.2, 0.25) is 5.91 Å². The minimum Gasteiger partial charge on any atom is -0.481 e. The molecular formula is C19H18F3NO3. The standard InChI is InChI=1S/C19H18F3NO3/c1-12(13-6-8-15(9-7-13)19(20,21)22)10-17(24)23-16-5-3-2-4-14(16)11-18(25)26/h2-9,12H,10-11H2,1H3,(H,23,24)(H,25,26). The van der Waals surface area contributed by atoms with E-state index in [1.807, 2.05) is 0 Å². The zero-order valence-electron chi connectivity index (χ0n) is 14.0. The molecule has 7 heteroatoms. The third-order valence-corrected chi connectivity index (χ3v) is 3.93. The fraction of sp³-hybridized carbons (Fsp3) is 0.263. The highest BCUT2D eigenvalue weighted by molar-refractivity contribution is 5.92. The van der Waals surface area contributed by atoms with Gasteiger partial charge in [-0.3, -0.25) is 9.59 Å². The van der Waals surface area contributed by atoms with Gasteiger partial charge in [-0.15, -0.1) is 0 Å². The molecule has 0 heterocycles. The molecule has 0 bridgehead atoms. The number of amides is 1. The van der Waals surface area contributed by atoms with Crippen molar-refractivity contribution in [2.24, 2.45) is 0 Å². The van der Waals surface area contributed by atoms with Gasteiger partial charge in [0.15, 0.2) is 0 Å². The Morgan fingerprint density at radius 1 is 1.08 bits per heavy atom. The van der Waals surface area contributed by atoms with E-state index in [1.165, 1.54) is 12.1 Å². The molecule has 0 aliphatic heterocycles. The number of alkyl halides is 3. The minimum absolute atomic E-state index is 0.0623. The van der Waals surface area contributed by atoms with Gasteiger partial charge in [0, 0.05) is 12.1 Å². The van der Waals surface area contributed by atoms with Crippen LogP contribution in [0.2, 0.25) is 0 Å². The van der Waals surface area contributed by atoms with E-state index in [0.29, 0.717) is 16.8 Å². The van der Waals surface area contributed by atoms with Gasteiger partial charge in [-0.1, -0.05) is 37.3 Å². The number of anilines is 1. The Hall–Kier alpha value is -2.83. The van der Waals surface area contributed by atoms with Gasteiger partial charge in [-0.2, -0.15) is 13.2 Å². The number of nitrogens with one attached hydrogen (secondary N) is 1. The van der Waals surface area contributed by atoms with Gasteiger partial charge in [0.25, 0.3) is 0 Å². The summed E-state index contributed by atoms with van der Waals surface area (Å²) in [6.07, 6.45) is -4.55. The van der Waals surface area contributed by atoms with Crippen molar-refractivity contribution in [1.29, 1.82) is 0 Å². The van der Waals surface area contributed by atoms with Gasteiger partial charge in [0.1, 0.15) is 0 Å². The van der Waals surface area contributed by atoms with Crippen molar-refractivity contribution in [3.8, 4) is 0 Å². The Balaban J connectivity index is 2.03. The first-order chi connectivity index (χ1) is 12.2. The lowest BCUT2D eigenvalue weighted by atomic mass is 9.96. The summed E-state index contributed by atoms with van der Waals surface area (Å²) in [5.74, 6) is -1.64. The van der Waals surface area contributed by atoms with Crippen molar-refractivity contribution in [2.75, 3.05) is 5.32 Å². The van der Waals surface area contributed by atoms with Crippen LogP contribution in [0.25, 0.3) is 0 Å². The second-order valence-electron chi connectivity index (χ2n) is 6.00. The molecule has 1 atom stereocenters. The molecule has 1 amide bonds. The Labute approximate surface area is 148 Å². The molecule has 0 spiro atoms. The van der Waals surface area contributed by atoms with Crippen LogP contribution in [0.1, 0.15) is 36.0 Å². The maximum Gasteiger partial charge on any atom is 0.416 e. The van der Waals surface area contributed by atoms with E-state index in [0.717, 1.165) is 12.1 Å². The fourth-order valence-corrected chi connectivity index (χ4v) is 2.56. The highest BCUT2D eigenvalue weighted by atomic mass is 19.4. The first-order valence-corrected chi connectivity index (χ1v) is 7.93. The summed E-state index contributed by atoms with van der Waals surface area (Å²) in [7, 11) is 0. The van der Waals surface area contributed by atoms with Crippen LogP contribution in [0.5, 0.6) is 0 Å². The summed E-state index contributed by atoms with van der Waals surface area (Å²) >= 11 is 0. The van der Waals surface area contributed by atoms with E-state index >= 15 is 0 Å². The summed E-state index contributed by atoms with van der Waals surface area (Å²) in [5.41, 5.74) is 0.780. The number of aliphatic carboxylic acids is 1. The van der Waals surface area contributed by atoms with Gasteiger partial charge in [-0.25, -0.2) is 0 Å². The van der Waals surface area contributed by atoms with Crippen LogP contribution in [0.4, 0.5) is 18.9 Å². The lowest BCUT2D eigenvalue weighted by Crippen LogP contribution is -2.16. The number of carbonyl (C=O) groups is 2. The second kappa shape index (κ2) is 8.03. The lowest BCUT2D eigenvalue weighted by molar-refractivity contribution is -0.138. The maximum absolute atomic E-state index is 12.6. The molecule has 2 rings (SSSR count). The molecular weight excluding hydrogens is 347 g/mol. The molecule has 138 valence electrons. The number of halogens is 3. The Morgan fingerprint density at radius 2 is 1.69 bits per heavy atom. The number of rotatable bonds is 6. The zero-order valence-corrected chi connectivity index (χ0v) is 14.0. The average molecular weight is 365 g/mol. The highest BCUT2D eigenvalue weighted by Crippen LogP contribution is 2.30. The van der Waals surface area contributed by atoms with Gasteiger partial charge in [0.05, 0.1) is 12.0 Å². The fourth-order valence-electron chi connectivity index (χ4n) is 2.56. The second-order valence-corrected chi connectivity index (χ2v) is 6.00. The smallest absolute Gasteiger partial charge is 0.416 e. The van der Waals surface area contributed by atoms with Crippen molar-refractivity contribution in [1.82, 2.24) is 0 Å². The molecule has 0 saturated carbocycles. The van der Waals surface area contributed by atoms with Crippen molar-refractivity contribution in [3.63, 3.8) is 0 Å². The molecule has 0 aromatic heterocycles. The van der Waals surface area contributed by atoms with Gasteiger partial charge in [-0.05, 0) is 35.2 Å². The molecule has 1 unspecified atom stereocenters. The molecule has 0 radical (unpaired) electrons. The van der Waals surface area contributed by atoms with Crippen LogP contribution >= 0.6 is 0 Å². The topological polar surface area (TPSA) is 66.4 Å². The molecule has 2 aromatic carbocycles. The number of carboxylic acids is 1. The molecule has 0 fully saturated rings. The maximum atomic E-state index is 12.6. The summed E-state index contributed by atoms with van der Waals surface area (Å²) in [6, 6.07) is 11.3. The van der Waals surface area contributed by atoms with E-state index in [1.54, 1.807) is 31.2 Å². The average Bonchev–Trinajstić information content (AvgIpc) is 2.55. The monoisotopic (exact) mass is 365 g/mol. The summed E-state index contributed by atoms with van der Waals surface area (Å²) in [5, 5.41) is 11.6. The van der Waals surface area contributed by atoms with E-state index in [4.69, 9.17) is 5.11 Å². The first-order valence-electron chi connectivity index (χ1n) is 7.93. The minimum atomic E-state index is -4.40. The van der Waals surface area contributed by atoms with Crippen LogP contribution in [0.3, 0.4) is 0 Å². The largest absolute Gasteiger partial charge is 0.481 e. The third kappa shape index (κ3) is 5.34. The summed E-state index contributed by atoms with van der Waals surface area (Å²) in [4.78, 5) is 23.1. The predicted octanol–water partition coefficient (Wildman–Crippen LogP) is 4.46. The van der Waals surface area contributed by atoms with Crippen LogP contribution in [-0.2, 0) is 22.2 Å². The number of benzene rings is 2. The predicted molar refractivity (Wildman–Crippen MR) is 90.9 cm³/mol. The van der Waals surface area contributed by atoms with Crippen LogP contribution in [0.15, 0.2) is 48.5 Å². The van der Waals surface area contributed by atoms with E-state index in [-0.39, 0.29) is 24.7 Å². The Morgan fingerprint density at radius 3 is 2.27 bits per heavy atom. The molecule has 0 aliphatic carbocycles. The van der Waals surface area contributed by atoms with Crippen LogP contribution < -0.4 is 5.32 Å². The molecule has 4 nitrogen and oxygen atoms in total. The van der Waals surface area contributed by atoms with Gasteiger partial charge >= 0.3 is 12.1 Å². The van der Waals surface area contributed by atoms with Crippen molar-refractivity contribution in [2.45, 2.75) is 31.9 Å². The highest BCUT2D eigenvalue weighted by Gasteiger charge is 2.30. The van der Waals surface area contributed by atoms with E-state index in [2.05, 4.69) is 5.32 Å². The Bertz CT molecular complexity index is 785. The quantitative estimate of drug-likeness (QED) is 0.794. The van der Waals surface area contributed by atoms with Gasteiger partial charge < -0.3 is 10.4 Å². The SMILES string of the molecule is CC(CC(=O)Nc1ccccc1CC(=O)O)c1ccc(C(F)(F)F)cc1. The zero-order chi connectivity index (χ0) is 19.3. The van der Waals surface area contributed by atoms with E-state index in [9.17, 15) is 22.8 Å². The lowest BCUT2D eigenvalue weighted by Gasteiger charge is -2.15. The summed E-state index contributed by atoms with van der Waals surface area (Å²) in [6.45, 7) is 1.74. The molecule has 2 N–H and O–H groups in total. The number of carboxylic acid groups (broad SMARTS) is 1. The number of hydrogen-bond acceptors (Lipinski definition) is 2. The molecule has 0 saturated heterocycles. The number of carbonyl (C=O) groups excluding carboxylic acids is 1. The summed E-state index contributed by atoms with van der Waals surface area (Å²) < 4.78 is 37.8. The Kier molecular flexibility index (Phi) is 6.02. The van der Waals surface area contributed by atoms with Crippen molar-refractivity contribution < 1.29 is 27.9 Å². The molecule has 26 heavy (non-hydrogen) atoms. The van der Waals surface area contributed by atoms with Crippen LogP contribution in [-0.4, -0.2) is 17.0 Å². The molecule has 0 aliphatic rings.